The van der Waals surface area contributed by atoms with E-state index in [2.05, 4.69) is 0 Å². The van der Waals surface area contributed by atoms with E-state index >= 15 is 0 Å². The van der Waals surface area contributed by atoms with Crippen molar-refractivity contribution in [2.75, 3.05) is 20.3 Å². The van der Waals surface area contributed by atoms with Crippen molar-refractivity contribution in [1.82, 2.24) is 0 Å². The van der Waals surface area contributed by atoms with Crippen molar-refractivity contribution >= 4 is 17.4 Å². The smallest absolute Gasteiger partial charge is 0.140 e. The van der Waals surface area contributed by atoms with E-state index in [0.29, 0.717) is 24.7 Å². The maximum Gasteiger partial charge on any atom is 0.140 e. The average molecular weight is 269 g/mol. The molecular formula is C14H17ClO3. The van der Waals surface area contributed by atoms with Gasteiger partial charge >= 0.3 is 0 Å². The third-order valence-corrected chi connectivity index (χ3v) is 3.52. The second-order valence-electron chi connectivity index (χ2n) is 4.49. The molecule has 1 aliphatic heterocycles. The number of hydrogen-bond donors (Lipinski definition) is 0. The van der Waals surface area contributed by atoms with Crippen LogP contribution in [0.15, 0.2) is 18.2 Å². The topological polar surface area (TPSA) is 35.5 Å². The predicted octanol–water partition coefficient (Wildman–Crippen LogP) is 2.89. The van der Waals surface area contributed by atoms with Crippen LogP contribution in [-0.4, -0.2) is 26.1 Å². The van der Waals surface area contributed by atoms with Crippen molar-refractivity contribution in [2.45, 2.75) is 19.3 Å². The second kappa shape index (κ2) is 6.21. The van der Waals surface area contributed by atoms with Gasteiger partial charge in [0.05, 0.1) is 7.11 Å². The lowest BCUT2D eigenvalue weighted by Gasteiger charge is -2.21. The highest BCUT2D eigenvalue weighted by molar-refractivity contribution is 6.30. The number of ether oxygens (including phenoxy) is 2. The van der Waals surface area contributed by atoms with Crippen LogP contribution in [0.25, 0.3) is 0 Å². The van der Waals surface area contributed by atoms with Gasteiger partial charge in [0, 0.05) is 36.1 Å². The molecular weight excluding hydrogens is 252 g/mol. The molecule has 1 saturated heterocycles. The Bertz CT molecular complexity index is 425. The number of halogens is 1. The maximum absolute atomic E-state index is 12.2. The molecule has 0 amide bonds. The van der Waals surface area contributed by atoms with E-state index in [4.69, 9.17) is 21.1 Å². The summed E-state index contributed by atoms with van der Waals surface area (Å²) >= 11 is 5.96. The monoisotopic (exact) mass is 268 g/mol. The molecule has 1 aromatic carbocycles. The van der Waals surface area contributed by atoms with Crippen LogP contribution in [0.2, 0.25) is 5.02 Å². The van der Waals surface area contributed by atoms with Gasteiger partial charge in [-0.25, -0.2) is 0 Å². The van der Waals surface area contributed by atoms with E-state index < -0.39 is 0 Å². The molecule has 1 aliphatic rings. The van der Waals surface area contributed by atoms with E-state index in [0.717, 1.165) is 24.2 Å². The van der Waals surface area contributed by atoms with E-state index in [1.165, 1.54) is 0 Å². The number of carbonyl (C=O) groups is 1. The molecule has 18 heavy (non-hydrogen) atoms. The molecule has 0 bridgehead atoms. The molecule has 0 spiro atoms. The SMILES string of the molecule is COc1ccc(Cl)cc1CC(=O)C1CCOCC1. The van der Waals surface area contributed by atoms with Gasteiger partial charge in [-0.05, 0) is 31.0 Å². The summed E-state index contributed by atoms with van der Waals surface area (Å²) < 4.78 is 10.5. The Morgan fingerprint density at radius 2 is 2.17 bits per heavy atom. The van der Waals surface area contributed by atoms with Crippen LogP contribution in [0.4, 0.5) is 0 Å². The molecule has 98 valence electrons. The third kappa shape index (κ3) is 3.24. The summed E-state index contributed by atoms with van der Waals surface area (Å²) in [6, 6.07) is 5.37. The van der Waals surface area contributed by atoms with Crippen LogP contribution in [0.1, 0.15) is 18.4 Å². The van der Waals surface area contributed by atoms with Crippen LogP contribution in [0.3, 0.4) is 0 Å². The first-order valence-electron chi connectivity index (χ1n) is 6.13. The van der Waals surface area contributed by atoms with Crippen molar-refractivity contribution in [3.63, 3.8) is 0 Å². The molecule has 1 aromatic rings. The molecule has 0 N–H and O–H groups in total. The Kier molecular flexibility index (Phi) is 4.61. The summed E-state index contributed by atoms with van der Waals surface area (Å²) in [6.07, 6.45) is 2.03. The molecule has 2 rings (SSSR count). The van der Waals surface area contributed by atoms with Gasteiger partial charge in [0.15, 0.2) is 0 Å². The van der Waals surface area contributed by atoms with Gasteiger partial charge < -0.3 is 9.47 Å². The molecule has 0 aromatic heterocycles. The number of hydrogen-bond acceptors (Lipinski definition) is 3. The second-order valence-corrected chi connectivity index (χ2v) is 4.92. The summed E-state index contributed by atoms with van der Waals surface area (Å²) in [5.41, 5.74) is 0.862. The Balaban J connectivity index is 2.07. The highest BCUT2D eigenvalue weighted by atomic mass is 35.5. The van der Waals surface area contributed by atoms with Gasteiger partial charge in [0.1, 0.15) is 11.5 Å². The summed E-state index contributed by atoms with van der Waals surface area (Å²) in [6.45, 7) is 1.37. The number of Topliss-reactive ketones (excluding diaryl/α,β-unsaturated/α-hetero) is 1. The summed E-state index contributed by atoms with van der Waals surface area (Å²) in [7, 11) is 1.60. The van der Waals surface area contributed by atoms with E-state index in [1.54, 1.807) is 25.3 Å². The van der Waals surface area contributed by atoms with Gasteiger partial charge in [-0.3, -0.25) is 4.79 Å². The van der Waals surface area contributed by atoms with Crippen molar-refractivity contribution in [1.29, 1.82) is 0 Å². The molecule has 0 saturated carbocycles. The standard InChI is InChI=1S/C14H17ClO3/c1-17-14-3-2-12(15)8-11(14)9-13(16)10-4-6-18-7-5-10/h2-3,8,10H,4-7,9H2,1H3. The van der Waals surface area contributed by atoms with Gasteiger partial charge in [-0.2, -0.15) is 0 Å². The van der Waals surface area contributed by atoms with E-state index in [1.807, 2.05) is 0 Å². The minimum atomic E-state index is 0.113. The zero-order chi connectivity index (χ0) is 13.0. The fourth-order valence-corrected chi connectivity index (χ4v) is 2.43. The van der Waals surface area contributed by atoms with E-state index in [9.17, 15) is 4.79 Å². The van der Waals surface area contributed by atoms with Crippen LogP contribution >= 0.6 is 11.6 Å². The molecule has 1 heterocycles. The van der Waals surface area contributed by atoms with Crippen LogP contribution in [-0.2, 0) is 16.0 Å². The van der Waals surface area contributed by atoms with E-state index in [-0.39, 0.29) is 11.7 Å². The zero-order valence-electron chi connectivity index (χ0n) is 10.4. The largest absolute Gasteiger partial charge is 0.496 e. The summed E-state index contributed by atoms with van der Waals surface area (Å²) in [5.74, 6) is 1.08. The molecule has 0 radical (unpaired) electrons. The number of benzene rings is 1. The van der Waals surface area contributed by atoms with Gasteiger partial charge in [-0.1, -0.05) is 11.6 Å². The van der Waals surface area contributed by atoms with Gasteiger partial charge in [0.2, 0.25) is 0 Å². The normalized spacial score (nSPS) is 16.6. The van der Waals surface area contributed by atoms with Crippen molar-refractivity contribution in [2.24, 2.45) is 5.92 Å². The highest BCUT2D eigenvalue weighted by Crippen LogP contribution is 2.25. The van der Waals surface area contributed by atoms with Crippen LogP contribution in [0, 0.1) is 5.92 Å². The first-order valence-corrected chi connectivity index (χ1v) is 6.51. The van der Waals surface area contributed by atoms with Crippen molar-refractivity contribution < 1.29 is 14.3 Å². The fraction of sp³-hybridized carbons (Fsp3) is 0.500. The minimum Gasteiger partial charge on any atom is -0.496 e. The third-order valence-electron chi connectivity index (χ3n) is 3.28. The quantitative estimate of drug-likeness (QED) is 0.842. The highest BCUT2D eigenvalue weighted by Gasteiger charge is 2.22. The molecule has 0 atom stereocenters. The summed E-state index contributed by atoms with van der Waals surface area (Å²) in [5, 5.41) is 0.630. The lowest BCUT2D eigenvalue weighted by atomic mass is 9.91. The maximum atomic E-state index is 12.2. The minimum absolute atomic E-state index is 0.113. The van der Waals surface area contributed by atoms with Gasteiger partial charge in [-0.15, -0.1) is 0 Å². The Morgan fingerprint density at radius 1 is 1.44 bits per heavy atom. The molecule has 0 aliphatic carbocycles. The molecule has 1 fully saturated rings. The predicted molar refractivity (Wildman–Crippen MR) is 70.3 cm³/mol. The Labute approximate surface area is 112 Å². The zero-order valence-corrected chi connectivity index (χ0v) is 11.2. The van der Waals surface area contributed by atoms with Crippen LogP contribution < -0.4 is 4.74 Å². The number of carbonyl (C=O) groups excluding carboxylic acids is 1. The summed E-state index contributed by atoms with van der Waals surface area (Å²) in [4.78, 5) is 12.2. The lowest BCUT2D eigenvalue weighted by Crippen LogP contribution is -2.24. The molecule has 4 heteroatoms. The average Bonchev–Trinajstić information content (AvgIpc) is 2.40. The molecule has 0 unspecified atom stereocenters. The van der Waals surface area contributed by atoms with Gasteiger partial charge in [0.25, 0.3) is 0 Å². The number of ketones is 1. The lowest BCUT2D eigenvalue weighted by molar-refractivity contribution is -0.125. The van der Waals surface area contributed by atoms with Crippen molar-refractivity contribution in [3.05, 3.63) is 28.8 Å². The van der Waals surface area contributed by atoms with Crippen molar-refractivity contribution in [3.8, 4) is 5.75 Å². The van der Waals surface area contributed by atoms with Crippen LogP contribution in [0.5, 0.6) is 5.75 Å². The Morgan fingerprint density at radius 3 is 2.83 bits per heavy atom. The Hall–Kier alpha value is -1.06. The number of methoxy groups -OCH3 is 1. The fourth-order valence-electron chi connectivity index (χ4n) is 2.24. The number of rotatable bonds is 4. The molecule has 3 nitrogen and oxygen atoms in total. The first-order chi connectivity index (χ1) is 8.70. The first kappa shape index (κ1) is 13.4.